The predicted octanol–water partition coefficient (Wildman–Crippen LogP) is 2.77. The Labute approximate surface area is 119 Å². The predicted molar refractivity (Wildman–Crippen MR) is 78.7 cm³/mol. The molecule has 1 aliphatic carbocycles. The number of nitrogens with zero attached hydrogens (tertiary/aromatic N) is 2. The van der Waals surface area contributed by atoms with Crippen LogP contribution in [0.2, 0.25) is 0 Å². The van der Waals surface area contributed by atoms with E-state index in [1.54, 1.807) is 0 Å². The topological polar surface area (TPSA) is 50.1 Å². The van der Waals surface area contributed by atoms with Crippen LogP contribution in [-0.2, 0) is 13.6 Å². The van der Waals surface area contributed by atoms with Gasteiger partial charge >= 0.3 is 0 Å². The van der Waals surface area contributed by atoms with E-state index in [-0.39, 0.29) is 6.04 Å². The number of aromatic hydroxyl groups is 1. The summed E-state index contributed by atoms with van der Waals surface area (Å²) in [6, 6.07) is 4.04. The van der Waals surface area contributed by atoms with Gasteiger partial charge in [0.1, 0.15) is 5.75 Å². The lowest BCUT2D eigenvalue weighted by molar-refractivity contribution is 0.445. The fraction of sp³-hybridized carbons (Fsp3) is 0.438. The molecule has 1 heterocycles. The summed E-state index contributed by atoms with van der Waals surface area (Å²) < 4.78 is 1.81. The molecular formula is C16H21N3O. The molecular weight excluding hydrogens is 250 g/mol. The fourth-order valence-corrected chi connectivity index (χ4v) is 3.33. The van der Waals surface area contributed by atoms with Crippen LogP contribution in [0.3, 0.4) is 0 Å². The third-order valence-electron chi connectivity index (χ3n) is 4.22. The first-order valence-electron chi connectivity index (χ1n) is 7.09. The monoisotopic (exact) mass is 271 g/mol. The highest BCUT2D eigenvalue weighted by atomic mass is 16.3. The van der Waals surface area contributed by atoms with Crippen LogP contribution in [0.25, 0.3) is 0 Å². The van der Waals surface area contributed by atoms with Gasteiger partial charge in [-0.15, -0.1) is 0 Å². The molecule has 0 radical (unpaired) electrons. The molecule has 2 aromatic rings. The van der Waals surface area contributed by atoms with E-state index in [9.17, 15) is 5.11 Å². The van der Waals surface area contributed by atoms with Gasteiger partial charge in [0.25, 0.3) is 0 Å². The number of aryl methyl sites for hydroxylation is 2. The molecule has 106 valence electrons. The molecule has 1 aromatic carbocycles. The Morgan fingerprint density at radius 1 is 1.40 bits per heavy atom. The number of nitrogens with one attached hydrogen (secondary N) is 1. The molecule has 1 aromatic heterocycles. The molecule has 0 bridgehead atoms. The summed E-state index contributed by atoms with van der Waals surface area (Å²) in [4.78, 5) is 0. The Morgan fingerprint density at radius 2 is 2.20 bits per heavy atom. The van der Waals surface area contributed by atoms with Crippen LogP contribution in [0.15, 0.2) is 24.5 Å². The molecule has 0 spiro atoms. The molecule has 0 saturated carbocycles. The third kappa shape index (κ3) is 2.20. The van der Waals surface area contributed by atoms with Crippen molar-refractivity contribution in [3.8, 4) is 5.75 Å². The second kappa shape index (κ2) is 4.94. The van der Waals surface area contributed by atoms with Crippen molar-refractivity contribution in [2.24, 2.45) is 7.05 Å². The van der Waals surface area contributed by atoms with Gasteiger partial charge < -0.3 is 10.4 Å². The zero-order valence-electron chi connectivity index (χ0n) is 12.2. The van der Waals surface area contributed by atoms with Gasteiger partial charge in [0.15, 0.2) is 0 Å². The summed E-state index contributed by atoms with van der Waals surface area (Å²) in [6.07, 6.45) is 4.93. The third-order valence-corrected chi connectivity index (χ3v) is 4.22. The zero-order valence-corrected chi connectivity index (χ0v) is 12.2. The molecule has 0 amide bonds. The second-order valence-corrected chi connectivity index (χ2v) is 5.82. The lowest BCUT2D eigenvalue weighted by Crippen LogP contribution is -2.18. The summed E-state index contributed by atoms with van der Waals surface area (Å²) in [6.45, 7) is 5.13. The van der Waals surface area contributed by atoms with Crippen LogP contribution >= 0.6 is 0 Å². The smallest absolute Gasteiger partial charge is 0.120 e. The Balaban J connectivity index is 1.82. The van der Waals surface area contributed by atoms with E-state index in [1.165, 1.54) is 16.7 Å². The number of aromatic nitrogens is 2. The molecule has 2 unspecified atom stereocenters. The summed E-state index contributed by atoms with van der Waals surface area (Å²) in [7, 11) is 1.92. The van der Waals surface area contributed by atoms with Gasteiger partial charge in [-0.3, -0.25) is 4.68 Å². The molecule has 3 rings (SSSR count). The van der Waals surface area contributed by atoms with Crippen molar-refractivity contribution in [2.45, 2.75) is 38.8 Å². The van der Waals surface area contributed by atoms with Crippen LogP contribution in [-0.4, -0.2) is 14.9 Å². The van der Waals surface area contributed by atoms with Crippen LogP contribution in [0.4, 0.5) is 0 Å². The normalized spacial score (nSPS) is 21.1. The minimum atomic E-state index is 0.222. The van der Waals surface area contributed by atoms with Gasteiger partial charge in [0.2, 0.25) is 0 Å². The van der Waals surface area contributed by atoms with E-state index >= 15 is 0 Å². The number of hydrogen-bond acceptors (Lipinski definition) is 3. The molecule has 1 aliphatic rings. The SMILES string of the molecule is Cc1ccc(O)c2c1C(C)CC2NCc1cnn(C)c1. The highest BCUT2D eigenvalue weighted by Crippen LogP contribution is 2.45. The Kier molecular flexibility index (Phi) is 3.26. The van der Waals surface area contributed by atoms with Gasteiger partial charge in [-0.05, 0) is 36.5 Å². The second-order valence-electron chi connectivity index (χ2n) is 5.82. The first kappa shape index (κ1) is 13.2. The number of phenolic OH excluding ortho intramolecular Hbond substituents is 1. The molecule has 0 saturated heterocycles. The van der Waals surface area contributed by atoms with Crippen molar-refractivity contribution in [3.63, 3.8) is 0 Å². The molecule has 2 atom stereocenters. The number of benzene rings is 1. The number of fused-ring (bicyclic) bond motifs is 1. The quantitative estimate of drug-likeness (QED) is 0.902. The van der Waals surface area contributed by atoms with Gasteiger partial charge in [-0.1, -0.05) is 13.0 Å². The van der Waals surface area contributed by atoms with E-state index in [4.69, 9.17) is 0 Å². The summed E-state index contributed by atoms with van der Waals surface area (Å²) in [5.41, 5.74) is 4.84. The van der Waals surface area contributed by atoms with Crippen molar-refractivity contribution < 1.29 is 5.11 Å². The molecule has 4 nitrogen and oxygen atoms in total. The van der Waals surface area contributed by atoms with E-state index in [0.717, 1.165) is 18.5 Å². The standard InChI is InChI=1S/C16H21N3O/c1-10-4-5-14(20)16-13(6-11(2)15(10)16)17-7-12-8-18-19(3)9-12/h4-5,8-9,11,13,17,20H,6-7H2,1-3H3. The summed E-state index contributed by atoms with van der Waals surface area (Å²) in [5.74, 6) is 0.905. The van der Waals surface area contributed by atoms with Gasteiger partial charge in [0.05, 0.1) is 6.20 Å². The molecule has 0 aliphatic heterocycles. The number of phenols is 1. The van der Waals surface area contributed by atoms with Gasteiger partial charge in [0, 0.05) is 37.0 Å². The fourth-order valence-electron chi connectivity index (χ4n) is 3.33. The van der Waals surface area contributed by atoms with Crippen LogP contribution < -0.4 is 5.32 Å². The van der Waals surface area contributed by atoms with E-state index in [0.29, 0.717) is 11.7 Å². The first-order chi connectivity index (χ1) is 9.56. The Morgan fingerprint density at radius 3 is 2.90 bits per heavy atom. The van der Waals surface area contributed by atoms with Crippen LogP contribution in [0.5, 0.6) is 5.75 Å². The minimum Gasteiger partial charge on any atom is -0.508 e. The highest BCUT2D eigenvalue weighted by molar-refractivity contribution is 5.50. The van der Waals surface area contributed by atoms with E-state index in [1.807, 2.05) is 36.3 Å². The van der Waals surface area contributed by atoms with Crippen molar-refractivity contribution in [1.82, 2.24) is 15.1 Å². The average molecular weight is 271 g/mol. The maximum absolute atomic E-state index is 10.2. The molecule has 0 fully saturated rings. The van der Waals surface area contributed by atoms with E-state index in [2.05, 4.69) is 24.3 Å². The highest BCUT2D eigenvalue weighted by Gasteiger charge is 2.31. The first-order valence-corrected chi connectivity index (χ1v) is 7.09. The van der Waals surface area contributed by atoms with Crippen molar-refractivity contribution in [3.05, 3.63) is 46.8 Å². The maximum Gasteiger partial charge on any atom is 0.120 e. The molecule has 2 N–H and O–H groups in total. The number of rotatable bonds is 3. The Hall–Kier alpha value is -1.81. The molecule has 4 heteroatoms. The largest absolute Gasteiger partial charge is 0.508 e. The minimum absolute atomic E-state index is 0.222. The number of hydrogen-bond donors (Lipinski definition) is 2. The maximum atomic E-state index is 10.2. The van der Waals surface area contributed by atoms with Crippen molar-refractivity contribution in [1.29, 1.82) is 0 Å². The zero-order chi connectivity index (χ0) is 14.3. The average Bonchev–Trinajstić information content (AvgIpc) is 2.96. The summed E-state index contributed by atoms with van der Waals surface area (Å²) in [5, 5.41) is 17.9. The summed E-state index contributed by atoms with van der Waals surface area (Å²) >= 11 is 0. The molecule has 20 heavy (non-hydrogen) atoms. The van der Waals surface area contributed by atoms with Crippen molar-refractivity contribution in [2.75, 3.05) is 0 Å². The Bertz CT molecular complexity index is 633. The van der Waals surface area contributed by atoms with Crippen LogP contribution in [0, 0.1) is 6.92 Å². The van der Waals surface area contributed by atoms with E-state index < -0.39 is 0 Å². The van der Waals surface area contributed by atoms with Gasteiger partial charge in [-0.25, -0.2) is 0 Å². The van der Waals surface area contributed by atoms with Crippen molar-refractivity contribution >= 4 is 0 Å². The lowest BCUT2D eigenvalue weighted by Gasteiger charge is -2.15. The lowest BCUT2D eigenvalue weighted by atomic mass is 9.97. The van der Waals surface area contributed by atoms with Crippen LogP contribution in [0.1, 0.15) is 47.6 Å². The van der Waals surface area contributed by atoms with Gasteiger partial charge in [-0.2, -0.15) is 5.10 Å².